The first-order chi connectivity index (χ1) is 8.95. The molecule has 98 valence electrons. The number of nitrogens with two attached hydrogens (primary N) is 1. The normalized spacial score (nSPS) is 12.2. The van der Waals surface area contributed by atoms with Gasteiger partial charge in [-0.15, -0.1) is 0 Å². The first kappa shape index (κ1) is 11.8. The molecule has 0 aliphatic rings. The monoisotopic (exact) mass is 255 g/mol. The molecule has 3 aromatic rings. The average molecular weight is 255 g/mol. The number of aromatic nitrogens is 4. The summed E-state index contributed by atoms with van der Waals surface area (Å²) in [5.41, 5.74) is 8.44. The lowest BCUT2D eigenvalue weighted by Crippen LogP contribution is -2.22. The van der Waals surface area contributed by atoms with Gasteiger partial charge in [0.1, 0.15) is 5.52 Å². The lowest BCUT2D eigenvalue weighted by Gasteiger charge is -2.18. The van der Waals surface area contributed by atoms with Gasteiger partial charge in [-0.2, -0.15) is 10.2 Å². The molecule has 5 heteroatoms. The second-order valence-corrected chi connectivity index (χ2v) is 5.67. The van der Waals surface area contributed by atoms with Crippen LogP contribution in [0.5, 0.6) is 0 Å². The standard InChI is InChI=1S/C14H17N5/c1-14(2,3)19-9-10-7-11(15)8-12(13(10)17-19)18-6-4-5-16-18/h4-9H,15H2,1-3H3. The number of nitrogens with zero attached hydrogens (tertiary/aromatic N) is 4. The molecule has 2 aromatic heterocycles. The van der Waals surface area contributed by atoms with Crippen molar-refractivity contribution >= 4 is 16.6 Å². The Hall–Kier alpha value is -2.30. The maximum atomic E-state index is 5.97. The molecule has 0 saturated heterocycles. The topological polar surface area (TPSA) is 61.7 Å². The number of fused-ring (bicyclic) bond motifs is 1. The minimum atomic E-state index is -0.0603. The van der Waals surface area contributed by atoms with Crippen molar-refractivity contribution in [2.45, 2.75) is 26.3 Å². The second-order valence-electron chi connectivity index (χ2n) is 5.67. The number of anilines is 1. The van der Waals surface area contributed by atoms with Gasteiger partial charge in [-0.3, -0.25) is 4.68 Å². The Morgan fingerprint density at radius 2 is 2.00 bits per heavy atom. The van der Waals surface area contributed by atoms with Crippen LogP contribution in [-0.2, 0) is 5.54 Å². The first-order valence-electron chi connectivity index (χ1n) is 6.24. The van der Waals surface area contributed by atoms with E-state index in [1.807, 2.05) is 35.3 Å². The van der Waals surface area contributed by atoms with Crippen LogP contribution >= 0.6 is 0 Å². The van der Waals surface area contributed by atoms with Gasteiger partial charge in [-0.25, -0.2) is 4.68 Å². The summed E-state index contributed by atoms with van der Waals surface area (Å²) in [4.78, 5) is 0. The zero-order valence-electron chi connectivity index (χ0n) is 11.3. The van der Waals surface area contributed by atoms with Crippen molar-refractivity contribution in [3.05, 3.63) is 36.8 Å². The van der Waals surface area contributed by atoms with E-state index in [-0.39, 0.29) is 5.54 Å². The lowest BCUT2D eigenvalue weighted by atomic mass is 10.1. The predicted octanol–water partition coefficient (Wildman–Crippen LogP) is 2.56. The Kier molecular flexibility index (Phi) is 2.38. The molecule has 0 aliphatic heterocycles. The van der Waals surface area contributed by atoms with E-state index in [2.05, 4.69) is 31.0 Å². The fraction of sp³-hybridized carbons (Fsp3) is 0.286. The molecule has 19 heavy (non-hydrogen) atoms. The maximum absolute atomic E-state index is 5.97. The summed E-state index contributed by atoms with van der Waals surface area (Å²) in [5, 5.41) is 9.97. The molecular weight excluding hydrogens is 238 g/mol. The van der Waals surface area contributed by atoms with Crippen LogP contribution in [-0.4, -0.2) is 19.6 Å². The van der Waals surface area contributed by atoms with Gasteiger partial charge < -0.3 is 5.73 Å². The Bertz CT molecular complexity index is 716. The van der Waals surface area contributed by atoms with Gasteiger partial charge in [0, 0.05) is 29.7 Å². The molecule has 0 amide bonds. The highest BCUT2D eigenvalue weighted by Gasteiger charge is 2.17. The van der Waals surface area contributed by atoms with Crippen molar-refractivity contribution in [1.29, 1.82) is 0 Å². The Labute approximate surface area is 111 Å². The molecule has 0 atom stereocenters. The first-order valence-corrected chi connectivity index (χ1v) is 6.24. The zero-order chi connectivity index (χ0) is 13.6. The molecule has 0 unspecified atom stereocenters. The molecule has 0 bridgehead atoms. The molecule has 5 nitrogen and oxygen atoms in total. The van der Waals surface area contributed by atoms with E-state index in [0.717, 1.165) is 16.6 Å². The smallest absolute Gasteiger partial charge is 0.118 e. The molecule has 2 heterocycles. The molecule has 0 spiro atoms. The van der Waals surface area contributed by atoms with E-state index < -0.39 is 0 Å². The lowest BCUT2D eigenvalue weighted by molar-refractivity contribution is 0.358. The number of rotatable bonds is 1. The largest absolute Gasteiger partial charge is 0.399 e. The van der Waals surface area contributed by atoms with E-state index in [1.165, 1.54) is 0 Å². The Balaban J connectivity index is 2.30. The van der Waals surface area contributed by atoms with Gasteiger partial charge in [0.15, 0.2) is 0 Å². The van der Waals surface area contributed by atoms with E-state index in [9.17, 15) is 0 Å². The molecule has 0 saturated carbocycles. The highest BCUT2D eigenvalue weighted by molar-refractivity contribution is 5.89. The molecule has 2 N–H and O–H groups in total. The van der Waals surface area contributed by atoms with Crippen molar-refractivity contribution in [1.82, 2.24) is 19.6 Å². The summed E-state index contributed by atoms with van der Waals surface area (Å²) >= 11 is 0. The van der Waals surface area contributed by atoms with Gasteiger partial charge in [0.2, 0.25) is 0 Å². The molecule has 1 aromatic carbocycles. The molecule has 0 fully saturated rings. The van der Waals surface area contributed by atoms with Gasteiger partial charge in [-0.05, 0) is 39.0 Å². The van der Waals surface area contributed by atoms with Crippen molar-refractivity contribution in [3.63, 3.8) is 0 Å². The number of benzene rings is 1. The molecule has 0 aliphatic carbocycles. The number of hydrogen-bond donors (Lipinski definition) is 1. The predicted molar refractivity (Wildman–Crippen MR) is 76.3 cm³/mol. The minimum Gasteiger partial charge on any atom is -0.399 e. The Morgan fingerprint density at radius 3 is 2.63 bits per heavy atom. The summed E-state index contributed by atoms with van der Waals surface area (Å²) < 4.78 is 3.75. The van der Waals surface area contributed by atoms with Crippen molar-refractivity contribution in [3.8, 4) is 5.69 Å². The summed E-state index contributed by atoms with van der Waals surface area (Å²) in [6.45, 7) is 6.36. The summed E-state index contributed by atoms with van der Waals surface area (Å²) in [6.07, 6.45) is 5.67. The van der Waals surface area contributed by atoms with Crippen LogP contribution < -0.4 is 5.73 Å². The molecule has 3 rings (SSSR count). The number of nitrogen functional groups attached to an aromatic ring is 1. The minimum absolute atomic E-state index is 0.0603. The van der Waals surface area contributed by atoms with E-state index in [1.54, 1.807) is 10.9 Å². The van der Waals surface area contributed by atoms with Crippen molar-refractivity contribution in [2.24, 2.45) is 0 Å². The Morgan fingerprint density at radius 1 is 1.21 bits per heavy atom. The third-order valence-electron chi connectivity index (χ3n) is 3.05. The van der Waals surface area contributed by atoms with Crippen LogP contribution in [0.3, 0.4) is 0 Å². The van der Waals surface area contributed by atoms with Gasteiger partial charge in [-0.1, -0.05) is 0 Å². The van der Waals surface area contributed by atoms with Crippen LogP contribution in [0.1, 0.15) is 20.8 Å². The fourth-order valence-corrected chi connectivity index (χ4v) is 2.07. The van der Waals surface area contributed by atoms with Gasteiger partial charge >= 0.3 is 0 Å². The van der Waals surface area contributed by atoms with Gasteiger partial charge in [0.25, 0.3) is 0 Å². The van der Waals surface area contributed by atoms with Crippen LogP contribution in [0.2, 0.25) is 0 Å². The van der Waals surface area contributed by atoms with Crippen molar-refractivity contribution < 1.29 is 0 Å². The second kappa shape index (κ2) is 3.85. The third-order valence-corrected chi connectivity index (χ3v) is 3.05. The van der Waals surface area contributed by atoms with Crippen LogP contribution in [0.4, 0.5) is 5.69 Å². The average Bonchev–Trinajstić information content (AvgIpc) is 2.95. The highest BCUT2D eigenvalue weighted by Crippen LogP contribution is 2.26. The van der Waals surface area contributed by atoms with E-state index >= 15 is 0 Å². The highest BCUT2D eigenvalue weighted by atomic mass is 15.3. The van der Waals surface area contributed by atoms with E-state index in [0.29, 0.717) is 5.69 Å². The zero-order valence-corrected chi connectivity index (χ0v) is 11.3. The summed E-state index contributed by atoms with van der Waals surface area (Å²) in [5.74, 6) is 0. The third kappa shape index (κ3) is 1.97. The SMILES string of the molecule is CC(C)(C)n1cc2cc(N)cc(-n3cccn3)c2n1. The van der Waals surface area contributed by atoms with Gasteiger partial charge in [0.05, 0.1) is 11.2 Å². The fourth-order valence-electron chi connectivity index (χ4n) is 2.07. The van der Waals surface area contributed by atoms with E-state index in [4.69, 9.17) is 5.73 Å². The quantitative estimate of drug-likeness (QED) is 0.680. The van der Waals surface area contributed by atoms with Crippen LogP contribution in [0.15, 0.2) is 36.8 Å². The number of hydrogen-bond acceptors (Lipinski definition) is 3. The summed E-state index contributed by atoms with van der Waals surface area (Å²) in [6, 6.07) is 5.72. The maximum Gasteiger partial charge on any atom is 0.118 e. The van der Waals surface area contributed by atoms with Crippen molar-refractivity contribution in [2.75, 3.05) is 5.73 Å². The molecule has 0 radical (unpaired) electrons. The van der Waals surface area contributed by atoms with Crippen LogP contribution in [0.25, 0.3) is 16.6 Å². The summed E-state index contributed by atoms with van der Waals surface area (Å²) in [7, 11) is 0. The van der Waals surface area contributed by atoms with Crippen LogP contribution in [0, 0.1) is 0 Å². The molecular formula is C14H17N5.